The third-order valence-electron chi connectivity index (χ3n) is 5.23. The Morgan fingerprint density at radius 1 is 1.06 bits per heavy atom. The topological polar surface area (TPSA) is 61.4 Å². The number of carbonyl (C=O) groups is 1. The number of rotatable bonds is 3. The van der Waals surface area contributed by atoms with Crippen molar-refractivity contribution in [3.8, 4) is 11.1 Å². The van der Waals surface area contributed by atoms with Crippen LogP contribution >= 0.6 is 12.4 Å². The van der Waals surface area contributed by atoms with E-state index < -0.39 is 23.7 Å². The Kier molecular flexibility index (Phi) is 6.54. The minimum atomic E-state index is -4.76. The fraction of sp³-hybridized carbons (Fsp3) is 0.227. The Hall–Kier alpha value is -2.68. The third-order valence-corrected chi connectivity index (χ3v) is 5.23. The first-order valence-electron chi connectivity index (χ1n) is 9.33. The van der Waals surface area contributed by atoms with Gasteiger partial charge in [0.15, 0.2) is 0 Å². The minimum Gasteiger partial charge on any atom is -0.390 e. The van der Waals surface area contributed by atoms with E-state index in [1.807, 2.05) is 0 Å². The van der Waals surface area contributed by atoms with Crippen LogP contribution in [0.2, 0.25) is 0 Å². The lowest BCUT2D eigenvalue weighted by molar-refractivity contribution is -0.139. The van der Waals surface area contributed by atoms with E-state index in [0.717, 1.165) is 12.1 Å². The van der Waals surface area contributed by atoms with Gasteiger partial charge >= 0.3 is 6.18 Å². The molecule has 1 saturated heterocycles. The Bertz CT molecular complexity index is 1120. The summed E-state index contributed by atoms with van der Waals surface area (Å²) in [6, 6.07) is 12.5. The van der Waals surface area contributed by atoms with Gasteiger partial charge in [0.2, 0.25) is 0 Å². The zero-order valence-corrected chi connectivity index (χ0v) is 16.9. The van der Waals surface area contributed by atoms with Crippen molar-refractivity contribution >= 4 is 29.1 Å². The minimum absolute atomic E-state index is 0. The highest BCUT2D eigenvalue weighted by molar-refractivity contribution is 6.02. The van der Waals surface area contributed by atoms with Crippen molar-refractivity contribution in [2.45, 2.75) is 18.3 Å². The van der Waals surface area contributed by atoms with Crippen LogP contribution in [0.5, 0.6) is 0 Å². The third kappa shape index (κ3) is 4.66. The van der Waals surface area contributed by atoms with Crippen LogP contribution in [0.1, 0.15) is 15.9 Å². The molecule has 3 aromatic carbocycles. The fourth-order valence-corrected chi connectivity index (χ4v) is 3.65. The van der Waals surface area contributed by atoms with Crippen molar-refractivity contribution in [3.05, 3.63) is 71.5 Å². The number of fused-ring (bicyclic) bond motifs is 1. The molecule has 4 nitrogen and oxygen atoms in total. The molecular weight excluding hydrogens is 436 g/mol. The lowest BCUT2D eigenvalue weighted by Crippen LogP contribution is -2.42. The number of aliphatic hydroxyl groups excluding tert-OH is 1. The van der Waals surface area contributed by atoms with Gasteiger partial charge in [0.25, 0.3) is 5.91 Å². The highest BCUT2D eigenvalue weighted by Crippen LogP contribution is 2.35. The fourth-order valence-electron chi connectivity index (χ4n) is 3.65. The number of carbonyl (C=O) groups excluding carboxylic acids is 1. The lowest BCUT2D eigenvalue weighted by atomic mass is 9.96. The first kappa shape index (κ1) is 23.0. The highest BCUT2D eigenvalue weighted by atomic mass is 35.5. The number of hydrogen-bond donors (Lipinski definition) is 3. The summed E-state index contributed by atoms with van der Waals surface area (Å²) in [6.45, 7) is 0.889. The van der Waals surface area contributed by atoms with Gasteiger partial charge in [0.05, 0.1) is 17.7 Å². The van der Waals surface area contributed by atoms with Gasteiger partial charge in [0.1, 0.15) is 5.82 Å². The second-order valence-corrected chi connectivity index (χ2v) is 7.24. The van der Waals surface area contributed by atoms with Gasteiger partial charge in [-0.1, -0.05) is 30.3 Å². The van der Waals surface area contributed by atoms with Gasteiger partial charge in [-0.05, 0) is 46.2 Å². The van der Waals surface area contributed by atoms with Crippen LogP contribution < -0.4 is 10.6 Å². The molecular formula is C22H19ClF4N2O2. The summed E-state index contributed by atoms with van der Waals surface area (Å²) in [4.78, 5) is 12.5. The molecule has 0 radical (unpaired) electrons. The normalized spacial score (nSPS) is 18.6. The molecule has 0 spiro atoms. The average Bonchev–Trinajstić information content (AvgIpc) is 3.10. The van der Waals surface area contributed by atoms with Crippen molar-refractivity contribution in [1.29, 1.82) is 0 Å². The molecule has 1 heterocycles. The molecule has 2 atom stereocenters. The van der Waals surface area contributed by atoms with Gasteiger partial charge in [-0.25, -0.2) is 4.39 Å². The number of aliphatic hydroxyl groups is 1. The van der Waals surface area contributed by atoms with Gasteiger partial charge in [0, 0.05) is 18.7 Å². The zero-order chi connectivity index (χ0) is 21.5. The molecule has 0 bridgehead atoms. The van der Waals surface area contributed by atoms with Gasteiger partial charge < -0.3 is 15.7 Å². The molecule has 0 saturated carbocycles. The second-order valence-electron chi connectivity index (χ2n) is 7.24. The van der Waals surface area contributed by atoms with E-state index in [-0.39, 0.29) is 24.4 Å². The number of hydrogen-bond acceptors (Lipinski definition) is 3. The molecule has 1 aliphatic heterocycles. The molecule has 0 aliphatic carbocycles. The maximum atomic E-state index is 14.0. The summed E-state index contributed by atoms with van der Waals surface area (Å²) < 4.78 is 52.5. The quantitative estimate of drug-likeness (QED) is 0.521. The second kappa shape index (κ2) is 8.82. The molecule has 1 aliphatic rings. The van der Waals surface area contributed by atoms with Crippen LogP contribution in [0.15, 0.2) is 54.6 Å². The van der Waals surface area contributed by atoms with Crippen LogP contribution in [0, 0.1) is 5.82 Å². The van der Waals surface area contributed by atoms with E-state index in [1.54, 1.807) is 36.4 Å². The van der Waals surface area contributed by atoms with E-state index in [9.17, 15) is 27.5 Å². The largest absolute Gasteiger partial charge is 0.419 e. The van der Waals surface area contributed by atoms with Gasteiger partial charge in [-0.2, -0.15) is 13.2 Å². The number of benzene rings is 3. The van der Waals surface area contributed by atoms with Crippen LogP contribution in [-0.2, 0) is 6.18 Å². The Morgan fingerprint density at radius 2 is 1.84 bits per heavy atom. The summed E-state index contributed by atoms with van der Waals surface area (Å²) >= 11 is 0. The van der Waals surface area contributed by atoms with Crippen molar-refractivity contribution in [2.75, 3.05) is 13.1 Å². The van der Waals surface area contributed by atoms with Crippen LogP contribution in [0.4, 0.5) is 17.6 Å². The van der Waals surface area contributed by atoms with Crippen molar-refractivity contribution in [3.63, 3.8) is 0 Å². The van der Waals surface area contributed by atoms with E-state index in [0.29, 0.717) is 40.6 Å². The van der Waals surface area contributed by atoms with E-state index >= 15 is 0 Å². The molecule has 4 rings (SSSR count). The number of nitrogens with one attached hydrogen (secondary N) is 2. The van der Waals surface area contributed by atoms with Gasteiger partial charge in [-0.15, -0.1) is 12.4 Å². The molecule has 0 unspecified atom stereocenters. The first-order valence-corrected chi connectivity index (χ1v) is 9.33. The van der Waals surface area contributed by atoms with E-state index in [4.69, 9.17) is 0 Å². The summed E-state index contributed by atoms with van der Waals surface area (Å²) in [5.74, 6) is -1.67. The van der Waals surface area contributed by atoms with Crippen molar-refractivity contribution < 1.29 is 27.5 Å². The molecule has 164 valence electrons. The van der Waals surface area contributed by atoms with Crippen LogP contribution in [-0.4, -0.2) is 36.2 Å². The van der Waals surface area contributed by atoms with Crippen molar-refractivity contribution in [2.24, 2.45) is 0 Å². The molecule has 1 amide bonds. The van der Waals surface area contributed by atoms with E-state index in [1.165, 1.54) is 6.07 Å². The monoisotopic (exact) mass is 454 g/mol. The summed E-state index contributed by atoms with van der Waals surface area (Å²) in [6.07, 6.45) is -5.41. The van der Waals surface area contributed by atoms with Gasteiger partial charge in [-0.3, -0.25) is 4.79 Å². The molecule has 9 heteroatoms. The lowest BCUT2D eigenvalue weighted by Gasteiger charge is -2.16. The Morgan fingerprint density at radius 3 is 2.48 bits per heavy atom. The standard InChI is InChI=1S/C22H18F4N2O2.ClH/c23-18-9-13(5-7-17(18)22(24,25)26)15-3-1-2-12-8-14(4-6-16(12)15)21(30)28-19-10-27-11-20(19)29;/h1-9,19-20,27,29H,10-11H2,(H,28,30);1H/t19-,20-;/m1./s1. The molecule has 3 N–H and O–H groups in total. The maximum absolute atomic E-state index is 14.0. The summed E-state index contributed by atoms with van der Waals surface area (Å²) in [5, 5.41) is 17.0. The SMILES string of the molecule is Cl.O=C(N[C@@H]1CNC[C@H]1O)c1ccc2c(-c3ccc(C(F)(F)F)c(F)c3)cccc2c1. The molecule has 31 heavy (non-hydrogen) atoms. The number of alkyl halides is 3. The smallest absolute Gasteiger partial charge is 0.390 e. The number of β-amino-alcohol motifs (C(OH)–C–C–N with tert-alkyl or cyclic N) is 1. The molecule has 3 aromatic rings. The predicted octanol–water partition coefficient (Wildman–Crippen LogP) is 4.15. The molecule has 1 fully saturated rings. The first-order chi connectivity index (χ1) is 14.2. The predicted molar refractivity (Wildman–Crippen MR) is 112 cm³/mol. The Balaban J connectivity index is 0.00000272. The summed E-state index contributed by atoms with van der Waals surface area (Å²) in [7, 11) is 0. The zero-order valence-electron chi connectivity index (χ0n) is 16.0. The van der Waals surface area contributed by atoms with Crippen LogP contribution in [0.25, 0.3) is 21.9 Å². The van der Waals surface area contributed by atoms with E-state index in [2.05, 4.69) is 10.6 Å². The van der Waals surface area contributed by atoms with Crippen LogP contribution in [0.3, 0.4) is 0 Å². The molecule has 0 aromatic heterocycles. The Labute approximate surface area is 181 Å². The summed E-state index contributed by atoms with van der Waals surface area (Å²) in [5.41, 5.74) is -0.0580. The number of halogens is 5. The van der Waals surface area contributed by atoms with Crippen molar-refractivity contribution in [1.82, 2.24) is 10.6 Å². The number of amides is 1. The average molecular weight is 455 g/mol. The maximum Gasteiger partial charge on any atom is 0.419 e. The highest BCUT2D eigenvalue weighted by Gasteiger charge is 2.34.